The van der Waals surface area contributed by atoms with Crippen LogP contribution in [0.1, 0.15) is 46.3 Å². The third-order valence-electron chi connectivity index (χ3n) is 4.19. The summed E-state index contributed by atoms with van der Waals surface area (Å²) in [5.41, 5.74) is 1.51. The Labute approximate surface area is 162 Å². The molecule has 3 aromatic rings. The van der Waals surface area contributed by atoms with Crippen molar-refractivity contribution >= 4 is 17.3 Å². The molecule has 27 heavy (non-hydrogen) atoms. The summed E-state index contributed by atoms with van der Waals surface area (Å²) >= 11 is 1.39. The van der Waals surface area contributed by atoms with Crippen molar-refractivity contribution < 1.29 is 14.3 Å². The lowest BCUT2D eigenvalue weighted by Crippen LogP contribution is -2.17. The number of ether oxygens (including phenoxy) is 2. The molecule has 0 aliphatic heterocycles. The van der Waals surface area contributed by atoms with Gasteiger partial charge in [0.2, 0.25) is 0 Å². The zero-order valence-corrected chi connectivity index (χ0v) is 16.3. The van der Waals surface area contributed by atoms with E-state index in [1.165, 1.54) is 16.9 Å². The first kappa shape index (κ1) is 19.3. The number of thiazole rings is 1. The molecule has 1 aromatic carbocycles. The van der Waals surface area contributed by atoms with Crippen molar-refractivity contribution in [3.8, 4) is 0 Å². The summed E-state index contributed by atoms with van der Waals surface area (Å²) in [5.74, 6) is 0.325. The lowest BCUT2D eigenvalue weighted by Gasteiger charge is -2.18. The fraction of sp³-hybridized carbons (Fsp3) is 0.350. The van der Waals surface area contributed by atoms with E-state index in [2.05, 4.69) is 22.1 Å². The number of aromatic nitrogens is 3. The molecule has 0 fully saturated rings. The van der Waals surface area contributed by atoms with E-state index in [1.54, 1.807) is 18.7 Å². The van der Waals surface area contributed by atoms with Crippen LogP contribution in [-0.4, -0.2) is 27.6 Å². The van der Waals surface area contributed by atoms with E-state index in [4.69, 9.17) is 9.47 Å². The van der Waals surface area contributed by atoms with Gasteiger partial charge in [0.25, 0.3) is 0 Å². The third kappa shape index (κ3) is 5.02. The Morgan fingerprint density at radius 1 is 1.30 bits per heavy atom. The largest absolute Gasteiger partial charge is 0.449 e. The van der Waals surface area contributed by atoms with E-state index in [-0.39, 0.29) is 0 Å². The van der Waals surface area contributed by atoms with E-state index in [0.29, 0.717) is 18.7 Å². The van der Waals surface area contributed by atoms with Gasteiger partial charge in [0.05, 0.1) is 6.61 Å². The molecule has 0 saturated heterocycles. The Morgan fingerprint density at radius 3 is 2.85 bits per heavy atom. The van der Waals surface area contributed by atoms with Gasteiger partial charge in [0.1, 0.15) is 10.8 Å². The summed E-state index contributed by atoms with van der Waals surface area (Å²) in [6.45, 7) is 3.19. The average Bonchev–Trinajstić information content (AvgIpc) is 3.35. The predicted octanol–water partition coefficient (Wildman–Crippen LogP) is 4.04. The summed E-state index contributed by atoms with van der Waals surface area (Å²) in [7, 11) is 1.60. The molecule has 0 N–H and O–H groups in total. The number of carbonyl (C=O) groups excluding carboxylic acids is 1. The van der Waals surface area contributed by atoms with E-state index < -0.39 is 12.1 Å². The molecule has 0 aliphatic carbocycles. The number of aryl methyl sites for hydroxylation is 2. The highest BCUT2D eigenvalue weighted by molar-refractivity contribution is 7.09. The molecular formula is C20H23N3O3S. The molecule has 0 radical (unpaired) electrons. The summed E-state index contributed by atoms with van der Waals surface area (Å²) < 4.78 is 12.9. The van der Waals surface area contributed by atoms with Gasteiger partial charge in [-0.25, -0.2) is 14.8 Å². The number of methoxy groups -OCH3 is 1. The molecule has 6 nitrogen and oxygen atoms in total. The second kappa shape index (κ2) is 9.43. The fourth-order valence-corrected chi connectivity index (χ4v) is 3.58. The first-order chi connectivity index (χ1) is 13.2. The summed E-state index contributed by atoms with van der Waals surface area (Å²) in [6, 6.07) is 10.2. The maximum Gasteiger partial charge on any atom is 0.358 e. The minimum Gasteiger partial charge on any atom is -0.449 e. The van der Waals surface area contributed by atoms with Crippen molar-refractivity contribution in [3.63, 3.8) is 0 Å². The second-order valence-electron chi connectivity index (χ2n) is 6.05. The van der Waals surface area contributed by atoms with Crippen LogP contribution < -0.4 is 0 Å². The van der Waals surface area contributed by atoms with Crippen molar-refractivity contribution in [1.82, 2.24) is 14.5 Å². The van der Waals surface area contributed by atoms with Crippen LogP contribution in [0.3, 0.4) is 0 Å². The number of esters is 1. The molecule has 0 spiro atoms. The van der Waals surface area contributed by atoms with Gasteiger partial charge < -0.3 is 14.0 Å². The van der Waals surface area contributed by atoms with Crippen molar-refractivity contribution in [2.45, 2.75) is 39.0 Å². The van der Waals surface area contributed by atoms with Crippen LogP contribution in [0.5, 0.6) is 0 Å². The average molecular weight is 385 g/mol. The molecule has 0 unspecified atom stereocenters. The fourth-order valence-electron chi connectivity index (χ4n) is 2.84. The first-order valence-corrected chi connectivity index (χ1v) is 9.78. The molecule has 7 heteroatoms. The smallest absolute Gasteiger partial charge is 0.358 e. The Kier molecular flexibility index (Phi) is 6.73. The molecule has 0 amide bonds. The van der Waals surface area contributed by atoms with Crippen molar-refractivity contribution in [2.24, 2.45) is 0 Å². The Bertz CT molecular complexity index is 860. The van der Waals surface area contributed by atoms with Gasteiger partial charge in [-0.1, -0.05) is 30.3 Å². The normalized spacial score (nSPS) is 12.1. The quantitative estimate of drug-likeness (QED) is 0.520. The Balaban J connectivity index is 1.75. The molecule has 2 heterocycles. The van der Waals surface area contributed by atoms with E-state index in [1.807, 2.05) is 35.9 Å². The molecule has 2 aromatic heterocycles. The zero-order valence-electron chi connectivity index (χ0n) is 15.5. The molecule has 1 atom stereocenters. The molecule has 0 bridgehead atoms. The zero-order chi connectivity index (χ0) is 19.1. The third-order valence-corrected chi connectivity index (χ3v) is 5.01. The van der Waals surface area contributed by atoms with Gasteiger partial charge >= 0.3 is 5.97 Å². The first-order valence-electron chi connectivity index (χ1n) is 8.90. The van der Waals surface area contributed by atoms with Crippen LogP contribution in [0.4, 0.5) is 0 Å². The lowest BCUT2D eigenvalue weighted by atomic mass is 10.1. The highest BCUT2D eigenvalue weighted by atomic mass is 32.1. The maximum absolute atomic E-state index is 12.6. The maximum atomic E-state index is 12.6. The summed E-state index contributed by atoms with van der Waals surface area (Å²) in [6.07, 6.45) is 4.66. The van der Waals surface area contributed by atoms with Crippen LogP contribution >= 0.6 is 11.3 Å². The molecular weight excluding hydrogens is 362 g/mol. The predicted molar refractivity (Wildman–Crippen MR) is 104 cm³/mol. The van der Waals surface area contributed by atoms with Crippen molar-refractivity contribution in [2.75, 3.05) is 7.11 Å². The number of imidazole rings is 1. The van der Waals surface area contributed by atoms with Gasteiger partial charge in [0, 0.05) is 31.4 Å². The highest BCUT2D eigenvalue weighted by Crippen LogP contribution is 2.24. The van der Waals surface area contributed by atoms with Gasteiger partial charge in [-0.2, -0.15) is 0 Å². The van der Waals surface area contributed by atoms with Gasteiger partial charge in [-0.15, -0.1) is 11.3 Å². The topological polar surface area (TPSA) is 66.2 Å². The van der Waals surface area contributed by atoms with Crippen molar-refractivity contribution in [3.05, 3.63) is 70.2 Å². The minimum absolute atomic E-state index is 0.311. The molecule has 0 saturated carbocycles. The van der Waals surface area contributed by atoms with Crippen LogP contribution in [0.25, 0.3) is 0 Å². The van der Waals surface area contributed by atoms with Crippen LogP contribution in [0, 0.1) is 0 Å². The standard InChI is InChI=1S/C20H23N3O3S/c1-3-23-12-11-21-19(23)17(10-9-15-7-5-4-6-8-15)26-20(24)16-14-27-18(22-16)13-25-2/h4-8,11-12,14,17H,3,9-10,13H2,1-2H3/t17-/m1/s1. The molecule has 3 rings (SSSR count). The van der Waals surface area contributed by atoms with Crippen molar-refractivity contribution in [1.29, 1.82) is 0 Å². The number of carbonyl (C=O) groups is 1. The molecule has 0 aliphatic rings. The van der Waals surface area contributed by atoms with Gasteiger partial charge in [0.15, 0.2) is 11.8 Å². The SMILES string of the molecule is CCn1ccnc1[C@@H](CCc1ccccc1)OC(=O)c1csc(COC)n1. The summed E-state index contributed by atoms with van der Waals surface area (Å²) in [4.78, 5) is 21.3. The van der Waals surface area contributed by atoms with E-state index >= 15 is 0 Å². The number of benzene rings is 1. The van der Waals surface area contributed by atoms with E-state index in [0.717, 1.165) is 23.8 Å². The highest BCUT2D eigenvalue weighted by Gasteiger charge is 2.23. The Morgan fingerprint density at radius 2 is 2.11 bits per heavy atom. The van der Waals surface area contributed by atoms with Gasteiger partial charge in [-0.05, 0) is 25.3 Å². The minimum atomic E-state index is -0.433. The number of hydrogen-bond donors (Lipinski definition) is 0. The number of nitrogens with zero attached hydrogens (tertiary/aromatic N) is 3. The van der Waals surface area contributed by atoms with Crippen LogP contribution in [0.2, 0.25) is 0 Å². The Hall–Kier alpha value is -2.51. The molecule has 142 valence electrons. The number of rotatable bonds is 9. The lowest BCUT2D eigenvalue weighted by molar-refractivity contribution is 0.0241. The van der Waals surface area contributed by atoms with Crippen LogP contribution in [0.15, 0.2) is 48.1 Å². The van der Waals surface area contributed by atoms with Crippen LogP contribution in [-0.2, 0) is 29.0 Å². The van der Waals surface area contributed by atoms with Gasteiger partial charge in [-0.3, -0.25) is 0 Å². The summed E-state index contributed by atoms with van der Waals surface area (Å²) in [5, 5.41) is 2.46. The number of hydrogen-bond acceptors (Lipinski definition) is 6. The van der Waals surface area contributed by atoms with E-state index in [9.17, 15) is 4.79 Å². The monoisotopic (exact) mass is 385 g/mol. The second-order valence-corrected chi connectivity index (χ2v) is 6.99.